The van der Waals surface area contributed by atoms with Crippen molar-refractivity contribution in [1.29, 1.82) is 5.26 Å². The number of benzene rings is 1. The van der Waals surface area contributed by atoms with Crippen molar-refractivity contribution in [3.63, 3.8) is 0 Å². The van der Waals surface area contributed by atoms with E-state index in [4.69, 9.17) is 15.1 Å². The van der Waals surface area contributed by atoms with Crippen molar-refractivity contribution >= 4 is 5.91 Å². The van der Waals surface area contributed by atoms with Crippen LogP contribution < -0.4 is 4.74 Å². The van der Waals surface area contributed by atoms with Crippen LogP contribution in [0.1, 0.15) is 31.2 Å². The van der Waals surface area contributed by atoms with Gasteiger partial charge < -0.3 is 14.7 Å². The number of amides is 1. The molecule has 5 nitrogen and oxygen atoms in total. The summed E-state index contributed by atoms with van der Waals surface area (Å²) in [4.78, 5) is 14.1. The second kappa shape index (κ2) is 7.65. The van der Waals surface area contributed by atoms with Gasteiger partial charge in [-0.15, -0.1) is 0 Å². The Hall–Kier alpha value is -2.06. The maximum Gasteiger partial charge on any atom is 0.260 e. The molecule has 1 N–H and O–H groups in total. The highest BCUT2D eigenvalue weighted by Gasteiger charge is 2.26. The van der Waals surface area contributed by atoms with Gasteiger partial charge in [-0.3, -0.25) is 4.79 Å². The summed E-state index contributed by atoms with van der Waals surface area (Å²) in [7, 11) is 0. The summed E-state index contributed by atoms with van der Waals surface area (Å²) >= 11 is 0. The second-order valence-electron chi connectivity index (χ2n) is 5.17. The fourth-order valence-corrected chi connectivity index (χ4v) is 2.63. The van der Waals surface area contributed by atoms with Crippen LogP contribution >= 0.6 is 0 Å². The number of aliphatic hydroxyl groups excluding tert-OH is 1. The summed E-state index contributed by atoms with van der Waals surface area (Å²) in [6.07, 6.45) is 3.68. The van der Waals surface area contributed by atoms with Crippen LogP contribution in [0.4, 0.5) is 0 Å². The summed E-state index contributed by atoms with van der Waals surface area (Å²) in [5.74, 6) is 0.538. The first-order valence-electron chi connectivity index (χ1n) is 7.28. The molecule has 1 heterocycles. The maximum absolute atomic E-state index is 12.2. The molecule has 0 saturated carbocycles. The second-order valence-corrected chi connectivity index (χ2v) is 5.17. The van der Waals surface area contributed by atoms with Crippen molar-refractivity contribution in [3.8, 4) is 11.8 Å². The number of nitrogens with zero attached hydrogens (tertiary/aromatic N) is 2. The van der Waals surface area contributed by atoms with Crippen molar-refractivity contribution in [2.24, 2.45) is 0 Å². The summed E-state index contributed by atoms with van der Waals surface area (Å²) in [6, 6.07) is 8.86. The molecule has 0 radical (unpaired) electrons. The zero-order chi connectivity index (χ0) is 15.1. The monoisotopic (exact) mass is 288 g/mol. The third-order valence-electron chi connectivity index (χ3n) is 3.76. The van der Waals surface area contributed by atoms with Crippen LogP contribution in [0, 0.1) is 11.3 Å². The van der Waals surface area contributed by atoms with Crippen molar-refractivity contribution in [2.75, 3.05) is 19.8 Å². The number of hydrogen-bond donors (Lipinski definition) is 1. The number of ether oxygens (including phenoxy) is 1. The van der Waals surface area contributed by atoms with E-state index >= 15 is 0 Å². The zero-order valence-corrected chi connectivity index (χ0v) is 12.0. The SMILES string of the molecule is N#Cc1ccc(OCC(=O)N2CCCCC2CCO)cc1. The van der Waals surface area contributed by atoms with Gasteiger partial charge in [0, 0.05) is 19.2 Å². The molecule has 1 aromatic rings. The molecule has 1 fully saturated rings. The van der Waals surface area contributed by atoms with Crippen LogP contribution in [0.15, 0.2) is 24.3 Å². The lowest BCUT2D eigenvalue weighted by Crippen LogP contribution is -2.46. The number of nitriles is 1. The lowest BCUT2D eigenvalue weighted by atomic mass is 9.99. The highest BCUT2D eigenvalue weighted by molar-refractivity contribution is 5.78. The van der Waals surface area contributed by atoms with Crippen LogP contribution in [0.2, 0.25) is 0 Å². The number of carbonyl (C=O) groups excluding carboxylic acids is 1. The third-order valence-corrected chi connectivity index (χ3v) is 3.76. The third kappa shape index (κ3) is 4.20. The molecule has 1 atom stereocenters. The Bertz CT molecular complexity index is 505. The van der Waals surface area contributed by atoms with E-state index in [1.165, 1.54) is 0 Å². The number of hydrogen-bond acceptors (Lipinski definition) is 4. The summed E-state index contributed by atoms with van der Waals surface area (Å²) in [5, 5.41) is 17.8. The Morgan fingerprint density at radius 1 is 1.38 bits per heavy atom. The Morgan fingerprint density at radius 2 is 2.14 bits per heavy atom. The molecule has 5 heteroatoms. The molecule has 1 amide bonds. The molecule has 0 aromatic heterocycles. The van der Waals surface area contributed by atoms with E-state index in [9.17, 15) is 4.79 Å². The van der Waals surface area contributed by atoms with E-state index in [0.29, 0.717) is 17.7 Å². The van der Waals surface area contributed by atoms with Crippen LogP contribution in [-0.4, -0.2) is 41.7 Å². The van der Waals surface area contributed by atoms with Gasteiger partial charge in [-0.2, -0.15) is 5.26 Å². The molecule has 1 aliphatic rings. The largest absolute Gasteiger partial charge is 0.484 e. The summed E-state index contributed by atoms with van der Waals surface area (Å²) < 4.78 is 5.48. The molecular formula is C16H20N2O3. The van der Waals surface area contributed by atoms with Gasteiger partial charge in [0.1, 0.15) is 5.75 Å². The zero-order valence-electron chi connectivity index (χ0n) is 12.0. The van der Waals surface area contributed by atoms with E-state index in [2.05, 4.69) is 0 Å². The van der Waals surface area contributed by atoms with Gasteiger partial charge in [0.2, 0.25) is 0 Å². The highest BCUT2D eigenvalue weighted by atomic mass is 16.5. The van der Waals surface area contributed by atoms with Gasteiger partial charge in [0.25, 0.3) is 5.91 Å². The molecule has 0 spiro atoms. The first-order chi connectivity index (χ1) is 10.2. The number of aliphatic hydroxyl groups is 1. The molecule has 1 unspecified atom stereocenters. The fourth-order valence-electron chi connectivity index (χ4n) is 2.63. The van der Waals surface area contributed by atoms with Gasteiger partial charge in [-0.1, -0.05) is 0 Å². The van der Waals surface area contributed by atoms with E-state index < -0.39 is 0 Å². The fraction of sp³-hybridized carbons (Fsp3) is 0.500. The summed E-state index contributed by atoms with van der Waals surface area (Å²) in [5.41, 5.74) is 0.563. The molecule has 1 aromatic carbocycles. The van der Waals surface area contributed by atoms with E-state index in [1.807, 2.05) is 11.0 Å². The number of likely N-dealkylation sites (tertiary alicyclic amines) is 1. The van der Waals surface area contributed by atoms with Gasteiger partial charge in [0.15, 0.2) is 6.61 Å². The lowest BCUT2D eigenvalue weighted by Gasteiger charge is -2.35. The molecule has 0 bridgehead atoms. The molecule has 0 aliphatic carbocycles. The van der Waals surface area contributed by atoms with Gasteiger partial charge in [-0.25, -0.2) is 0 Å². The molecule has 112 valence electrons. The molecule has 2 rings (SSSR count). The Labute approximate surface area is 124 Å². The van der Waals surface area contributed by atoms with Crippen LogP contribution in [-0.2, 0) is 4.79 Å². The minimum atomic E-state index is -0.0440. The van der Waals surface area contributed by atoms with Crippen LogP contribution in [0.25, 0.3) is 0 Å². The Balaban J connectivity index is 1.89. The van der Waals surface area contributed by atoms with Crippen molar-refractivity contribution in [2.45, 2.75) is 31.7 Å². The minimum absolute atomic E-state index is 0.00612. The minimum Gasteiger partial charge on any atom is -0.484 e. The van der Waals surface area contributed by atoms with Crippen molar-refractivity contribution in [1.82, 2.24) is 4.90 Å². The molecule has 1 saturated heterocycles. The first-order valence-corrected chi connectivity index (χ1v) is 7.28. The summed E-state index contributed by atoms with van der Waals surface area (Å²) in [6.45, 7) is 0.832. The number of piperidine rings is 1. The van der Waals surface area contributed by atoms with E-state index in [1.54, 1.807) is 24.3 Å². The molecular weight excluding hydrogens is 268 g/mol. The first kappa shape index (κ1) is 15.3. The number of carbonyl (C=O) groups is 1. The Morgan fingerprint density at radius 3 is 2.81 bits per heavy atom. The molecule has 21 heavy (non-hydrogen) atoms. The highest BCUT2D eigenvalue weighted by Crippen LogP contribution is 2.20. The van der Waals surface area contributed by atoms with Crippen molar-refractivity contribution in [3.05, 3.63) is 29.8 Å². The average molecular weight is 288 g/mol. The van der Waals surface area contributed by atoms with Gasteiger partial charge in [0.05, 0.1) is 11.6 Å². The van der Waals surface area contributed by atoms with E-state index in [0.717, 1.165) is 25.8 Å². The maximum atomic E-state index is 12.2. The quantitative estimate of drug-likeness (QED) is 0.895. The van der Waals surface area contributed by atoms with Crippen LogP contribution in [0.3, 0.4) is 0 Å². The van der Waals surface area contributed by atoms with Crippen LogP contribution in [0.5, 0.6) is 5.75 Å². The predicted octanol–water partition coefficient (Wildman–Crippen LogP) is 1.70. The number of rotatable bonds is 5. The van der Waals surface area contributed by atoms with Gasteiger partial charge in [-0.05, 0) is 49.9 Å². The normalized spacial score (nSPS) is 18.1. The van der Waals surface area contributed by atoms with Gasteiger partial charge >= 0.3 is 0 Å². The smallest absolute Gasteiger partial charge is 0.260 e. The topological polar surface area (TPSA) is 73.6 Å². The van der Waals surface area contributed by atoms with E-state index in [-0.39, 0.29) is 25.2 Å². The lowest BCUT2D eigenvalue weighted by molar-refractivity contribution is -0.137. The van der Waals surface area contributed by atoms with Crippen molar-refractivity contribution < 1.29 is 14.6 Å². The Kier molecular flexibility index (Phi) is 5.59. The molecule has 1 aliphatic heterocycles. The standard InChI is InChI=1S/C16H20N2O3/c17-11-13-4-6-15(7-5-13)21-12-16(20)18-9-2-1-3-14(18)8-10-19/h4-7,14,19H,1-3,8-10,12H2. The average Bonchev–Trinajstić information content (AvgIpc) is 2.54. The predicted molar refractivity (Wildman–Crippen MR) is 77.7 cm³/mol.